The average molecular weight is 392 g/mol. The summed E-state index contributed by atoms with van der Waals surface area (Å²) in [5, 5.41) is 5.27. The lowest BCUT2D eigenvalue weighted by Gasteiger charge is -2.17. The van der Waals surface area contributed by atoms with Crippen molar-refractivity contribution in [2.75, 3.05) is 4.90 Å². The van der Waals surface area contributed by atoms with E-state index in [4.69, 9.17) is 0 Å². The molecule has 1 aromatic carbocycles. The maximum atomic E-state index is 12.2. The van der Waals surface area contributed by atoms with Crippen LogP contribution >= 0.6 is 11.3 Å². The lowest BCUT2D eigenvalue weighted by atomic mass is 10.1. The number of rotatable bonds is 6. The summed E-state index contributed by atoms with van der Waals surface area (Å²) in [5.41, 5.74) is 2.35. The zero-order valence-electron chi connectivity index (χ0n) is 15.6. The van der Waals surface area contributed by atoms with E-state index in [0.29, 0.717) is 10.8 Å². The quantitative estimate of drug-likeness (QED) is 0.641. The molecule has 0 aliphatic carbocycles. The molecule has 1 atom stereocenters. The van der Waals surface area contributed by atoms with E-state index in [1.807, 2.05) is 54.8 Å². The molecule has 0 bridgehead atoms. The first-order valence-corrected chi connectivity index (χ1v) is 9.62. The van der Waals surface area contributed by atoms with Crippen LogP contribution in [0.2, 0.25) is 0 Å². The van der Waals surface area contributed by atoms with Gasteiger partial charge in [0.05, 0.1) is 17.4 Å². The van der Waals surface area contributed by atoms with Crippen LogP contribution in [-0.4, -0.2) is 21.8 Å². The molecule has 7 heteroatoms. The summed E-state index contributed by atoms with van der Waals surface area (Å²) in [4.78, 5) is 34.2. The number of hydrogen-bond acceptors (Lipinski definition) is 5. The van der Waals surface area contributed by atoms with E-state index < -0.39 is 0 Å². The number of aromatic nitrogens is 2. The Kier molecular flexibility index (Phi) is 6.29. The van der Waals surface area contributed by atoms with E-state index in [-0.39, 0.29) is 17.9 Å². The molecule has 2 aromatic heterocycles. The summed E-state index contributed by atoms with van der Waals surface area (Å²) in [6.07, 6.45) is 6.46. The van der Waals surface area contributed by atoms with E-state index in [2.05, 4.69) is 15.3 Å². The second-order valence-electron chi connectivity index (χ2n) is 6.09. The van der Waals surface area contributed by atoms with Gasteiger partial charge in [-0.25, -0.2) is 4.98 Å². The molecule has 2 amide bonds. The van der Waals surface area contributed by atoms with Gasteiger partial charge < -0.3 is 5.32 Å². The molecule has 0 aliphatic heterocycles. The highest BCUT2D eigenvalue weighted by atomic mass is 32.1. The summed E-state index contributed by atoms with van der Waals surface area (Å²) < 4.78 is 0. The Labute approximate surface area is 167 Å². The van der Waals surface area contributed by atoms with Crippen molar-refractivity contribution in [1.29, 1.82) is 0 Å². The van der Waals surface area contributed by atoms with Crippen LogP contribution in [0, 0.1) is 0 Å². The van der Waals surface area contributed by atoms with Gasteiger partial charge >= 0.3 is 0 Å². The number of nitrogens with zero attached hydrogens (tertiary/aromatic N) is 3. The van der Waals surface area contributed by atoms with Gasteiger partial charge in [-0.3, -0.25) is 19.5 Å². The Bertz CT molecular complexity index is 970. The van der Waals surface area contributed by atoms with Crippen molar-refractivity contribution in [1.82, 2.24) is 15.3 Å². The summed E-state index contributed by atoms with van der Waals surface area (Å²) in [5.74, 6) is -0.342. The Morgan fingerprint density at radius 2 is 1.86 bits per heavy atom. The predicted molar refractivity (Wildman–Crippen MR) is 111 cm³/mol. The van der Waals surface area contributed by atoms with Crippen LogP contribution in [-0.2, 0) is 9.59 Å². The summed E-state index contributed by atoms with van der Waals surface area (Å²) in [7, 11) is 0. The monoisotopic (exact) mass is 392 g/mol. The molecule has 2 heterocycles. The molecule has 3 rings (SSSR count). The standard InChI is InChI=1S/C21H20N4O2S/c1-15(17-10-12-22-13-11-17)23-20(27)9-8-18-14-28-21(24-18)25(16(2)26)19-6-4-3-5-7-19/h3-15H,1-2H3,(H,23,27)/b9-8+. The third kappa shape index (κ3) is 4.89. The van der Waals surface area contributed by atoms with Crippen molar-refractivity contribution in [3.05, 3.63) is 77.6 Å². The maximum Gasteiger partial charge on any atom is 0.244 e. The second-order valence-corrected chi connectivity index (χ2v) is 6.93. The van der Waals surface area contributed by atoms with Crippen molar-refractivity contribution < 1.29 is 9.59 Å². The number of nitrogens with one attached hydrogen (secondary N) is 1. The molecule has 0 saturated heterocycles. The normalized spacial score (nSPS) is 11.9. The van der Waals surface area contributed by atoms with Gasteiger partial charge in [-0.05, 0) is 42.8 Å². The van der Waals surface area contributed by atoms with Crippen LogP contribution in [0.3, 0.4) is 0 Å². The van der Waals surface area contributed by atoms with Gasteiger partial charge in [0, 0.05) is 30.8 Å². The number of amides is 2. The number of hydrogen-bond donors (Lipinski definition) is 1. The molecular formula is C21H20N4O2S. The maximum absolute atomic E-state index is 12.2. The highest BCUT2D eigenvalue weighted by molar-refractivity contribution is 7.14. The minimum absolute atomic E-state index is 0.125. The van der Waals surface area contributed by atoms with Gasteiger partial charge in [0.2, 0.25) is 11.8 Å². The Morgan fingerprint density at radius 3 is 2.54 bits per heavy atom. The van der Waals surface area contributed by atoms with Gasteiger partial charge in [0.25, 0.3) is 0 Å². The fourth-order valence-corrected chi connectivity index (χ4v) is 3.47. The third-order valence-electron chi connectivity index (χ3n) is 4.00. The van der Waals surface area contributed by atoms with Crippen LogP contribution in [0.1, 0.15) is 31.1 Å². The van der Waals surface area contributed by atoms with Gasteiger partial charge in [-0.15, -0.1) is 11.3 Å². The topological polar surface area (TPSA) is 75.2 Å². The molecule has 0 fully saturated rings. The minimum Gasteiger partial charge on any atom is -0.346 e. The highest BCUT2D eigenvalue weighted by Gasteiger charge is 2.17. The fourth-order valence-electron chi connectivity index (χ4n) is 2.62. The van der Waals surface area contributed by atoms with Gasteiger partial charge in [0.15, 0.2) is 5.13 Å². The van der Waals surface area contributed by atoms with Crippen LogP contribution in [0.4, 0.5) is 10.8 Å². The molecule has 0 saturated carbocycles. The van der Waals surface area contributed by atoms with E-state index in [0.717, 1.165) is 11.3 Å². The molecule has 1 N–H and O–H groups in total. The van der Waals surface area contributed by atoms with Crippen molar-refractivity contribution in [2.24, 2.45) is 0 Å². The molecule has 0 aliphatic rings. The molecule has 142 valence electrons. The molecule has 6 nitrogen and oxygen atoms in total. The van der Waals surface area contributed by atoms with Crippen molar-refractivity contribution in [3.8, 4) is 0 Å². The largest absolute Gasteiger partial charge is 0.346 e. The summed E-state index contributed by atoms with van der Waals surface area (Å²) in [6, 6.07) is 12.9. The van der Waals surface area contributed by atoms with E-state index in [9.17, 15) is 9.59 Å². The smallest absolute Gasteiger partial charge is 0.244 e. The Balaban J connectivity index is 1.68. The van der Waals surface area contributed by atoms with Crippen LogP contribution in [0.25, 0.3) is 6.08 Å². The third-order valence-corrected chi connectivity index (χ3v) is 4.84. The zero-order valence-corrected chi connectivity index (χ0v) is 16.4. The minimum atomic E-state index is -0.217. The first kappa shape index (κ1) is 19.4. The highest BCUT2D eigenvalue weighted by Crippen LogP contribution is 2.29. The predicted octanol–water partition coefficient (Wildman–Crippen LogP) is 4.11. The number of thiazole rings is 1. The SMILES string of the molecule is CC(=O)N(c1ccccc1)c1nc(/C=C/C(=O)NC(C)c2ccncc2)cs1. The van der Waals surface area contributed by atoms with Gasteiger partial charge in [-0.2, -0.15) is 0 Å². The number of anilines is 2. The van der Waals surface area contributed by atoms with E-state index >= 15 is 0 Å². The first-order valence-electron chi connectivity index (χ1n) is 8.74. The van der Waals surface area contributed by atoms with Crippen molar-refractivity contribution in [3.63, 3.8) is 0 Å². The number of carbonyl (C=O) groups excluding carboxylic acids is 2. The zero-order chi connectivity index (χ0) is 19.9. The van der Waals surface area contributed by atoms with Gasteiger partial charge in [0.1, 0.15) is 0 Å². The van der Waals surface area contributed by atoms with Crippen LogP contribution in [0.15, 0.2) is 66.3 Å². The van der Waals surface area contributed by atoms with Crippen LogP contribution < -0.4 is 10.2 Å². The van der Waals surface area contributed by atoms with Crippen molar-refractivity contribution in [2.45, 2.75) is 19.9 Å². The molecule has 1 unspecified atom stereocenters. The average Bonchev–Trinajstić information content (AvgIpc) is 3.16. The number of para-hydroxylation sites is 1. The Morgan fingerprint density at radius 1 is 1.14 bits per heavy atom. The number of benzene rings is 1. The molecule has 0 radical (unpaired) electrons. The lowest BCUT2D eigenvalue weighted by Crippen LogP contribution is -2.24. The van der Waals surface area contributed by atoms with E-state index in [1.165, 1.54) is 24.3 Å². The molecule has 3 aromatic rings. The van der Waals surface area contributed by atoms with Gasteiger partial charge in [-0.1, -0.05) is 18.2 Å². The number of carbonyl (C=O) groups is 2. The van der Waals surface area contributed by atoms with Crippen molar-refractivity contribution >= 4 is 40.0 Å². The van der Waals surface area contributed by atoms with Crippen LogP contribution in [0.5, 0.6) is 0 Å². The molecule has 28 heavy (non-hydrogen) atoms. The Hall–Kier alpha value is -3.32. The summed E-state index contributed by atoms with van der Waals surface area (Å²) >= 11 is 1.35. The molecule has 0 spiro atoms. The second kappa shape index (κ2) is 9.05. The molecular weight excluding hydrogens is 372 g/mol. The number of pyridine rings is 1. The first-order chi connectivity index (χ1) is 13.5. The van der Waals surface area contributed by atoms with E-state index in [1.54, 1.807) is 23.4 Å². The lowest BCUT2D eigenvalue weighted by molar-refractivity contribution is -0.117. The summed E-state index contributed by atoms with van der Waals surface area (Å²) in [6.45, 7) is 3.41. The fraction of sp³-hybridized carbons (Fsp3) is 0.143.